The fourth-order valence-corrected chi connectivity index (χ4v) is 2.92. The fraction of sp³-hybridized carbons (Fsp3) is 0. The van der Waals surface area contributed by atoms with Crippen LogP contribution in [0.1, 0.15) is 0 Å². The topological polar surface area (TPSA) is 69.2 Å². The van der Waals surface area contributed by atoms with E-state index in [0.29, 0.717) is 5.39 Å². The Bertz CT molecular complexity index is 523. The highest BCUT2D eigenvalue weighted by molar-refractivity contribution is 9.10. The molecule has 4 nitrogen and oxygen atoms in total. The Labute approximate surface area is 91.6 Å². The van der Waals surface area contributed by atoms with Gasteiger partial charge in [0, 0.05) is 14.6 Å². The number of hydrogen-bond donors (Lipinski definition) is 1. The van der Waals surface area contributed by atoms with Crippen LogP contribution in [0.5, 0.6) is 0 Å². The molecule has 0 fully saturated rings. The van der Waals surface area contributed by atoms with Gasteiger partial charge in [-0.2, -0.15) is 0 Å². The molecule has 0 spiro atoms. The third kappa shape index (κ3) is 1.27. The van der Waals surface area contributed by atoms with Gasteiger partial charge in [-0.05, 0) is 28.1 Å². The first-order valence-electron chi connectivity index (χ1n) is 3.71. The minimum Gasteiger partial charge on any atom is -0.393 e. The van der Waals surface area contributed by atoms with Gasteiger partial charge in [0.25, 0.3) is 0 Å². The molecule has 14 heavy (non-hydrogen) atoms. The summed E-state index contributed by atoms with van der Waals surface area (Å²) in [4.78, 5) is 10.3. The summed E-state index contributed by atoms with van der Waals surface area (Å²) in [6.07, 6.45) is 0. The number of benzene rings is 1. The van der Waals surface area contributed by atoms with Gasteiger partial charge in [-0.25, -0.2) is 0 Å². The van der Waals surface area contributed by atoms with Crippen LogP contribution < -0.4 is 5.73 Å². The quantitative estimate of drug-likeness (QED) is 0.493. The molecule has 0 aliphatic carbocycles. The van der Waals surface area contributed by atoms with Gasteiger partial charge < -0.3 is 5.73 Å². The smallest absolute Gasteiger partial charge is 0.301 e. The lowest BCUT2D eigenvalue weighted by Gasteiger charge is -1.98. The van der Waals surface area contributed by atoms with Crippen molar-refractivity contribution in [3.8, 4) is 0 Å². The average molecular weight is 273 g/mol. The lowest BCUT2D eigenvalue weighted by molar-refractivity contribution is -0.382. The molecule has 0 radical (unpaired) electrons. The zero-order valence-corrected chi connectivity index (χ0v) is 9.26. The number of rotatable bonds is 1. The Morgan fingerprint density at radius 3 is 2.86 bits per heavy atom. The average Bonchev–Trinajstić information content (AvgIpc) is 2.47. The van der Waals surface area contributed by atoms with Crippen molar-refractivity contribution < 1.29 is 4.92 Å². The second-order valence-corrected chi connectivity index (χ2v) is 4.48. The number of thiophene rings is 1. The van der Waals surface area contributed by atoms with E-state index in [2.05, 4.69) is 15.9 Å². The van der Waals surface area contributed by atoms with Crippen LogP contribution in [0, 0.1) is 10.1 Å². The molecule has 1 heterocycles. The lowest BCUT2D eigenvalue weighted by Crippen LogP contribution is -1.95. The summed E-state index contributed by atoms with van der Waals surface area (Å²) in [5.41, 5.74) is 5.74. The summed E-state index contributed by atoms with van der Waals surface area (Å²) in [6.45, 7) is 0. The summed E-state index contributed by atoms with van der Waals surface area (Å²) in [5, 5.41) is 13.2. The van der Waals surface area contributed by atoms with Gasteiger partial charge in [0.15, 0.2) is 0 Å². The molecule has 2 N–H and O–H groups in total. The number of nitrogens with zero attached hydrogens (tertiary/aromatic N) is 1. The maximum atomic E-state index is 10.8. The minimum absolute atomic E-state index is 0.0179. The van der Waals surface area contributed by atoms with Gasteiger partial charge in [0.05, 0.1) is 10.3 Å². The SMILES string of the molecule is Nc1ccc2scc(Br)c2c1[N+](=O)[O-]. The van der Waals surface area contributed by atoms with E-state index in [1.807, 2.05) is 5.38 Å². The maximum absolute atomic E-state index is 10.8. The zero-order valence-electron chi connectivity index (χ0n) is 6.86. The highest BCUT2D eigenvalue weighted by Crippen LogP contribution is 2.39. The largest absolute Gasteiger partial charge is 0.393 e. The van der Waals surface area contributed by atoms with Crippen molar-refractivity contribution in [1.82, 2.24) is 0 Å². The third-order valence-electron chi connectivity index (χ3n) is 1.88. The Morgan fingerprint density at radius 2 is 2.21 bits per heavy atom. The monoisotopic (exact) mass is 272 g/mol. The Balaban J connectivity index is 2.94. The molecule has 0 saturated heterocycles. The van der Waals surface area contributed by atoms with Gasteiger partial charge in [0.2, 0.25) is 0 Å². The van der Waals surface area contributed by atoms with Crippen molar-refractivity contribution in [1.29, 1.82) is 0 Å². The van der Waals surface area contributed by atoms with Crippen LogP contribution in [-0.4, -0.2) is 4.92 Å². The van der Waals surface area contributed by atoms with Gasteiger partial charge in [-0.15, -0.1) is 11.3 Å². The number of nitrogens with two attached hydrogens (primary N) is 1. The van der Waals surface area contributed by atoms with Crippen LogP contribution in [0.2, 0.25) is 0 Å². The maximum Gasteiger partial charge on any atom is 0.301 e. The molecule has 2 aromatic rings. The van der Waals surface area contributed by atoms with Crippen molar-refractivity contribution in [2.45, 2.75) is 0 Å². The van der Waals surface area contributed by atoms with E-state index >= 15 is 0 Å². The fourth-order valence-electron chi connectivity index (χ4n) is 1.29. The first-order valence-corrected chi connectivity index (χ1v) is 5.38. The Kier molecular flexibility index (Phi) is 2.16. The molecule has 0 aliphatic heterocycles. The minimum atomic E-state index is -0.449. The van der Waals surface area contributed by atoms with Crippen LogP contribution in [0.15, 0.2) is 22.0 Å². The molecule has 1 aromatic carbocycles. The zero-order chi connectivity index (χ0) is 10.3. The molecule has 0 unspecified atom stereocenters. The molecule has 0 saturated carbocycles. The first kappa shape index (κ1) is 9.42. The second-order valence-electron chi connectivity index (χ2n) is 2.72. The molecule has 0 amide bonds. The van der Waals surface area contributed by atoms with Crippen molar-refractivity contribution in [2.24, 2.45) is 0 Å². The summed E-state index contributed by atoms with van der Waals surface area (Å²) in [5.74, 6) is 0. The van der Waals surface area contributed by atoms with Crippen molar-refractivity contribution in [2.75, 3.05) is 5.73 Å². The number of nitro benzene ring substituents is 1. The number of halogens is 1. The molecule has 0 aliphatic rings. The Hall–Kier alpha value is -1.14. The van der Waals surface area contributed by atoms with Crippen LogP contribution in [0.4, 0.5) is 11.4 Å². The van der Waals surface area contributed by atoms with Crippen LogP contribution >= 0.6 is 27.3 Å². The third-order valence-corrected chi connectivity index (χ3v) is 3.76. The number of hydrogen-bond acceptors (Lipinski definition) is 4. The normalized spacial score (nSPS) is 10.6. The second kappa shape index (κ2) is 3.21. The summed E-state index contributed by atoms with van der Waals surface area (Å²) in [6, 6.07) is 3.34. The highest BCUT2D eigenvalue weighted by Gasteiger charge is 2.19. The predicted molar refractivity (Wildman–Crippen MR) is 60.6 cm³/mol. The van der Waals surface area contributed by atoms with Crippen LogP contribution in [0.3, 0.4) is 0 Å². The highest BCUT2D eigenvalue weighted by atomic mass is 79.9. The number of nitro groups is 1. The van der Waals surface area contributed by atoms with Crippen molar-refractivity contribution in [3.05, 3.63) is 32.1 Å². The van der Waals surface area contributed by atoms with Gasteiger partial charge in [-0.1, -0.05) is 0 Å². The summed E-state index contributed by atoms with van der Waals surface area (Å²) >= 11 is 4.72. The number of nitrogen functional groups attached to an aromatic ring is 1. The van der Waals surface area contributed by atoms with Gasteiger partial charge in [0.1, 0.15) is 5.69 Å². The van der Waals surface area contributed by atoms with E-state index < -0.39 is 4.92 Å². The summed E-state index contributed by atoms with van der Waals surface area (Å²) in [7, 11) is 0. The Morgan fingerprint density at radius 1 is 1.50 bits per heavy atom. The van der Waals surface area contributed by atoms with E-state index in [9.17, 15) is 10.1 Å². The molecular weight excluding hydrogens is 268 g/mol. The van der Waals surface area contributed by atoms with E-state index in [-0.39, 0.29) is 11.4 Å². The predicted octanol–water partition coefficient (Wildman–Crippen LogP) is 3.15. The summed E-state index contributed by atoms with van der Waals surface area (Å²) < 4.78 is 1.58. The van der Waals surface area contributed by atoms with E-state index in [0.717, 1.165) is 9.17 Å². The standard InChI is InChI=1S/C8H5BrN2O2S/c9-4-3-14-6-2-1-5(10)8(7(4)6)11(12)13/h1-3H,10H2. The van der Waals surface area contributed by atoms with E-state index in [1.165, 1.54) is 11.3 Å². The van der Waals surface area contributed by atoms with Gasteiger partial charge in [-0.3, -0.25) is 10.1 Å². The molecule has 2 rings (SSSR count). The van der Waals surface area contributed by atoms with Gasteiger partial charge >= 0.3 is 5.69 Å². The molecule has 1 aromatic heterocycles. The molecule has 0 bridgehead atoms. The van der Waals surface area contributed by atoms with E-state index in [1.54, 1.807) is 12.1 Å². The number of fused-ring (bicyclic) bond motifs is 1. The van der Waals surface area contributed by atoms with Crippen LogP contribution in [0.25, 0.3) is 10.1 Å². The molecule has 72 valence electrons. The lowest BCUT2D eigenvalue weighted by atomic mass is 10.2. The van der Waals surface area contributed by atoms with Crippen LogP contribution in [-0.2, 0) is 0 Å². The molecular formula is C8H5BrN2O2S. The first-order chi connectivity index (χ1) is 6.61. The number of anilines is 1. The van der Waals surface area contributed by atoms with Crippen molar-refractivity contribution in [3.63, 3.8) is 0 Å². The van der Waals surface area contributed by atoms with E-state index in [4.69, 9.17) is 5.73 Å². The molecule has 0 atom stereocenters. The molecule has 6 heteroatoms. The van der Waals surface area contributed by atoms with Crippen molar-refractivity contribution >= 4 is 48.7 Å².